The Bertz CT molecular complexity index is 1380. The molecule has 4 rings (SSSR count). The second kappa shape index (κ2) is 11.8. The molecule has 9 nitrogen and oxygen atoms in total. The quantitative estimate of drug-likeness (QED) is 0.396. The van der Waals surface area contributed by atoms with E-state index in [2.05, 4.69) is 15.3 Å². The normalized spacial score (nSPS) is 17.4. The van der Waals surface area contributed by atoms with Crippen molar-refractivity contribution in [2.45, 2.75) is 52.1 Å². The highest BCUT2D eigenvalue weighted by atomic mass is 35.5. The van der Waals surface area contributed by atoms with Gasteiger partial charge in [-0.25, -0.2) is 9.78 Å². The number of halogens is 1. The summed E-state index contributed by atoms with van der Waals surface area (Å²) in [6.07, 6.45) is 3.25. The highest BCUT2D eigenvalue weighted by molar-refractivity contribution is 6.30. The maximum Gasteiger partial charge on any atom is 0.325 e. The van der Waals surface area contributed by atoms with Crippen LogP contribution in [0.5, 0.6) is 0 Å². The van der Waals surface area contributed by atoms with Gasteiger partial charge in [-0.2, -0.15) is 0 Å². The third-order valence-electron chi connectivity index (χ3n) is 6.90. The molecule has 3 aromatic rings. The van der Waals surface area contributed by atoms with Gasteiger partial charge in [0.2, 0.25) is 5.91 Å². The molecule has 0 radical (unpaired) electrons. The van der Waals surface area contributed by atoms with Gasteiger partial charge in [0, 0.05) is 35.3 Å². The van der Waals surface area contributed by atoms with Gasteiger partial charge in [0.05, 0.1) is 12.0 Å². The average Bonchev–Trinajstić information content (AvgIpc) is 2.88. The number of benzene rings is 1. The van der Waals surface area contributed by atoms with Crippen LogP contribution in [0, 0.1) is 19.8 Å². The predicted octanol–water partition coefficient (Wildman–Crippen LogP) is 4.61. The van der Waals surface area contributed by atoms with E-state index in [0.717, 1.165) is 33.8 Å². The summed E-state index contributed by atoms with van der Waals surface area (Å²) in [7, 11) is 1.64. The number of nitrogens with one attached hydrogen (secondary N) is 1. The summed E-state index contributed by atoms with van der Waals surface area (Å²) < 4.78 is 0. The third-order valence-corrected chi connectivity index (χ3v) is 7.13. The highest BCUT2D eigenvalue weighted by Crippen LogP contribution is 2.34. The summed E-state index contributed by atoms with van der Waals surface area (Å²) in [5, 5.41) is 3.52. The van der Waals surface area contributed by atoms with E-state index in [-0.39, 0.29) is 18.4 Å². The molecule has 3 atom stereocenters. The Kier molecular flexibility index (Phi) is 8.50. The molecule has 4 amide bonds. The summed E-state index contributed by atoms with van der Waals surface area (Å²) in [6, 6.07) is 12.3. The Morgan fingerprint density at radius 3 is 2.51 bits per heavy atom. The van der Waals surface area contributed by atoms with Gasteiger partial charge in [0.25, 0.3) is 5.91 Å². The number of imide groups is 1. The molecule has 3 N–H and O–H groups in total. The number of likely N-dealkylation sites (N-methyl/N-ethyl adjacent to an activating group) is 1. The number of nitrogens with zero attached hydrogens (tertiary/aromatic N) is 4. The molecular weight excluding hydrogens is 516 g/mol. The van der Waals surface area contributed by atoms with Crippen molar-refractivity contribution in [2.24, 2.45) is 5.92 Å². The van der Waals surface area contributed by atoms with Crippen molar-refractivity contribution in [3.05, 3.63) is 82.3 Å². The molecule has 1 fully saturated rings. The van der Waals surface area contributed by atoms with Gasteiger partial charge >= 0.3 is 6.03 Å². The lowest BCUT2D eigenvalue weighted by atomic mass is 9.81. The number of pyridine rings is 2. The fourth-order valence-corrected chi connectivity index (χ4v) is 5.22. The van der Waals surface area contributed by atoms with Gasteiger partial charge in [-0.1, -0.05) is 37.1 Å². The highest BCUT2D eigenvalue weighted by Gasteiger charge is 2.55. The van der Waals surface area contributed by atoms with Crippen molar-refractivity contribution in [1.82, 2.24) is 20.2 Å². The Balaban J connectivity index is 1.63. The first kappa shape index (κ1) is 28.0. The largest absolute Gasteiger partial charge is 0.384 e. The van der Waals surface area contributed by atoms with E-state index in [1.165, 1.54) is 4.90 Å². The van der Waals surface area contributed by atoms with Crippen LogP contribution in [-0.2, 0) is 16.0 Å². The number of hydrogen-bond acceptors (Lipinski definition) is 6. The molecule has 2 aromatic heterocycles. The van der Waals surface area contributed by atoms with Gasteiger partial charge in [-0.05, 0) is 74.2 Å². The third kappa shape index (κ3) is 6.20. The summed E-state index contributed by atoms with van der Waals surface area (Å²) in [5.41, 5.74) is 9.59. The minimum atomic E-state index is -0.993. The van der Waals surface area contributed by atoms with Gasteiger partial charge in [-0.15, -0.1) is 0 Å². The number of anilines is 2. The lowest BCUT2D eigenvalue weighted by Crippen LogP contribution is -2.70. The smallest absolute Gasteiger partial charge is 0.325 e. The molecule has 10 heteroatoms. The second-order valence-corrected chi connectivity index (χ2v) is 10.3. The van der Waals surface area contributed by atoms with Crippen LogP contribution in [0.1, 0.15) is 48.3 Å². The van der Waals surface area contributed by atoms with E-state index in [1.807, 2.05) is 32.9 Å². The van der Waals surface area contributed by atoms with Crippen LogP contribution in [0.2, 0.25) is 5.02 Å². The number of β-lactam (4-membered cyclic amide) rings is 1. The van der Waals surface area contributed by atoms with E-state index in [9.17, 15) is 14.4 Å². The monoisotopic (exact) mass is 548 g/mol. The number of nitrogens with two attached hydrogens (primary N) is 1. The van der Waals surface area contributed by atoms with Crippen LogP contribution >= 0.6 is 11.6 Å². The predicted molar refractivity (Wildman–Crippen MR) is 151 cm³/mol. The van der Waals surface area contributed by atoms with Crippen LogP contribution in [0.3, 0.4) is 0 Å². The van der Waals surface area contributed by atoms with Gasteiger partial charge in [-0.3, -0.25) is 19.5 Å². The Hall–Kier alpha value is -3.98. The number of aryl methyl sites for hydroxylation is 2. The van der Waals surface area contributed by atoms with E-state index >= 15 is 0 Å². The number of urea groups is 1. The van der Waals surface area contributed by atoms with Gasteiger partial charge in [0.15, 0.2) is 0 Å². The molecule has 1 aliphatic heterocycles. The fraction of sp³-hybridized carbons (Fsp3) is 0.345. The lowest BCUT2D eigenvalue weighted by Gasteiger charge is -2.46. The molecule has 1 aliphatic rings. The number of aromatic nitrogens is 2. The molecule has 0 unspecified atom stereocenters. The molecule has 0 spiro atoms. The van der Waals surface area contributed by atoms with Crippen LogP contribution in [-0.4, -0.2) is 45.8 Å². The minimum Gasteiger partial charge on any atom is -0.384 e. The van der Waals surface area contributed by atoms with Crippen LogP contribution in [0.25, 0.3) is 0 Å². The van der Waals surface area contributed by atoms with Crippen molar-refractivity contribution in [3.8, 4) is 0 Å². The second-order valence-electron chi connectivity index (χ2n) is 9.90. The Morgan fingerprint density at radius 1 is 1.15 bits per heavy atom. The molecule has 0 bridgehead atoms. The summed E-state index contributed by atoms with van der Waals surface area (Å²) >= 11 is 6.19. The summed E-state index contributed by atoms with van der Waals surface area (Å²) in [6.45, 7) is 5.71. The average molecular weight is 549 g/mol. The first-order valence-corrected chi connectivity index (χ1v) is 13.3. The van der Waals surface area contributed by atoms with E-state index < -0.39 is 23.9 Å². The molecule has 0 saturated carbocycles. The zero-order valence-corrected chi connectivity index (χ0v) is 23.3. The van der Waals surface area contributed by atoms with E-state index in [4.69, 9.17) is 17.3 Å². The first-order chi connectivity index (χ1) is 18.6. The lowest BCUT2D eigenvalue weighted by molar-refractivity contribution is -0.156. The number of carbonyl (C=O) groups excluding carboxylic acids is 3. The van der Waals surface area contributed by atoms with Crippen LogP contribution < -0.4 is 16.0 Å². The topological polar surface area (TPSA) is 122 Å². The van der Waals surface area contributed by atoms with Crippen molar-refractivity contribution < 1.29 is 14.4 Å². The number of rotatable bonds is 8. The molecule has 1 saturated heterocycles. The van der Waals surface area contributed by atoms with Crippen molar-refractivity contribution in [2.75, 3.05) is 17.7 Å². The maximum absolute atomic E-state index is 13.9. The van der Waals surface area contributed by atoms with Crippen LogP contribution in [0.4, 0.5) is 16.3 Å². The first-order valence-electron chi connectivity index (χ1n) is 12.9. The number of amides is 4. The van der Waals surface area contributed by atoms with Crippen LogP contribution in [0.15, 0.2) is 54.7 Å². The zero-order chi connectivity index (χ0) is 28.3. The molecule has 39 heavy (non-hydrogen) atoms. The number of hydrogen-bond donors (Lipinski definition) is 2. The van der Waals surface area contributed by atoms with Crippen molar-refractivity contribution in [3.63, 3.8) is 0 Å². The maximum atomic E-state index is 13.9. The molecule has 1 aromatic carbocycles. The molecule has 3 heterocycles. The minimum absolute atomic E-state index is 0.251. The number of nitrogen functional groups attached to an aromatic ring is 1. The zero-order valence-electron chi connectivity index (χ0n) is 22.5. The van der Waals surface area contributed by atoms with Crippen molar-refractivity contribution in [1.29, 1.82) is 0 Å². The number of carbonyl (C=O) groups is 3. The summed E-state index contributed by atoms with van der Waals surface area (Å²) in [4.78, 5) is 51.8. The Morgan fingerprint density at radius 2 is 1.87 bits per heavy atom. The summed E-state index contributed by atoms with van der Waals surface area (Å²) in [5.74, 6) is -1.19. The SMILES string of the molecule is CCC[C@@H](NC(=O)N1C(=O)[C@H](Cc2ccnc(N)c2)[C@H]1C(=O)N(C)c1cc(C)nc(C)c1)c1cccc(Cl)c1. The fourth-order valence-electron chi connectivity index (χ4n) is 5.02. The molecule has 0 aliphatic carbocycles. The van der Waals surface area contributed by atoms with Gasteiger partial charge < -0.3 is 16.0 Å². The number of likely N-dealkylation sites (tertiary alicyclic amines) is 1. The molecular formula is C29H33ClN6O3. The Labute approximate surface area is 233 Å². The standard InChI is InChI=1S/C29H33ClN6O3/c1-5-7-24(20-8-6-9-21(30)16-20)34-29(39)36-26(23(27(36)37)14-19-10-11-32-25(31)15-19)28(38)35(4)22-12-17(2)33-18(3)13-22/h6,8-13,15-16,23-24,26H,5,7,14H2,1-4H3,(H2,31,32)(H,34,39)/t23-,24-,26+/m1/s1. The van der Waals surface area contributed by atoms with E-state index in [1.54, 1.807) is 49.6 Å². The molecule has 204 valence electrons. The van der Waals surface area contributed by atoms with Gasteiger partial charge in [0.1, 0.15) is 11.9 Å². The van der Waals surface area contributed by atoms with E-state index in [0.29, 0.717) is 22.9 Å². The van der Waals surface area contributed by atoms with Crippen molar-refractivity contribution >= 4 is 41.0 Å².